The highest BCUT2D eigenvalue weighted by molar-refractivity contribution is 5.89. The van der Waals surface area contributed by atoms with Crippen LogP contribution in [0.15, 0.2) is 0 Å². The third kappa shape index (κ3) is 3.52. The molecular weight excluding hydrogens is 212 g/mol. The molecule has 1 aliphatic heterocycles. The van der Waals surface area contributed by atoms with Crippen LogP contribution in [-0.2, 0) is 14.4 Å². The molecule has 1 rings (SSSR count). The molecule has 90 valence electrons. The van der Waals surface area contributed by atoms with Gasteiger partial charge in [0.25, 0.3) is 0 Å². The van der Waals surface area contributed by atoms with Gasteiger partial charge in [-0.2, -0.15) is 0 Å². The van der Waals surface area contributed by atoms with Crippen molar-refractivity contribution < 1.29 is 19.5 Å². The number of hydrogen-bond acceptors (Lipinski definition) is 3. The van der Waals surface area contributed by atoms with E-state index in [2.05, 4.69) is 10.6 Å². The Hall–Kier alpha value is -1.59. The van der Waals surface area contributed by atoms with Crippen LogP contribution in [0.25, 0.3) is 0 Å². The highest BCUT2D eigenvalue weighted by atomic mass is 16.4. The van der Waals surface area contributed by atoms with Gasteiger partial charge in [-0.25, -0.2) is 0 Å². The SMILES string of the molecule is CC(CCNC(=O)C1CNC(=O)C1)C(=O)O. The highest BCUT2D eigenvalue weighted by Crippen LogP contribution is 2.08. The van der Waals surface area contributed by atoms with E-state index in [0.717, 1.165) is 0 Å². The van der Waals surface area contributed by atoms with Crippen molar-refractivity contribution in [2.75, 3.05) is 13.1 Å². The number of nitrogens with one attached hydrogen (secondary N) is 2. The summed E-state index contributed by atoms with van der Waals surface area (Å²) in [5.74, 6) is -1.95. The van der Waals surface area contributed by atoms with E-state index in [1.54, 1.807) is 6.92 Å². The number of carbonyl (C=O) groups excluding carboxylic acids is 2. The largest absolute Gasteiger partial charge is 0.481 e. The van der Waals surface area contributed by atoms with Crippen molar-refractivity contribution in [1.29, 1.82) is 0 Å². The van der Waals surface area contributed by atoms with Crippen molar-refractivity contribution in [2.45, 2.75) is 19.8 Å². The fourth-order valence-electron chi connectivity index (χ4n) is 1.47. The number of carboxylic acid groups (broad SMARTS) is 1. The molecule has 1 fully saturated rings. The summed E-state index contributed by atoms with van der Waals surface area (Å²) in [5.41, 5.74) is 0. The Morgan fingerprint density at radius 2 is 2.31 bits per heavy atom. The van der Waals surface area contributed by atoms with Crippen LogP contribution in [-0.4, -0.2) is 36.0 Å². The molecule has 0 aromatic carbocycles. The van der Waals surface area contributed by atoms with Gasteiger partial charge in [-0.05, 0) is 6.42 Å². The summed E-state index contributed by atoms with van der Waals surface area (Å²) in [7, 11) is 0. The lowest BCUT2D eigenvalue weighted by molar-refractivity contribution is -0.141. The summed E-state index contributed by atoms with van der Waals surface area (Å²) in [4.78, 5) is 32.9. The molecule has 0 bridgehead atoms. The van der Waals surface area contributed by atoms with Crippen LogP contribution >= 0.6 is 0 Å². The van der Waals surface area contributed by atoms with Gasteiger partial charge in [0.1, 0.15) is 0 Å². The van der Waals surface area contributed by atoms with Crippen molar-refractivity contribution in [1.82, 2.24) is 10.6 Å². The molecule has 2 atom stereocenters. The fraction of sp³-hybridized carbons (Fsp3) is 0.700. The molecule has 0 spiro atoms. The van der Waals surface area contributed by atoms with Gasteiger partial charge in [-0.1, -0.05) is 6.92 Å². The molecule has 16 heavy (non-hydrogen) atoms. The second kappa shape index (κ2) is 5.48. The van der Waals surface area contributed by atoms with E-state index in [1.165, 1.54) is 0 Å². The van der Waals surface area contributed by atoms with Crippen LogP contribution in [0, 0.1) is 11.8 Å². The molecule has 1 aliphatic rings. The Labute approximate surface area is 93.4 Å². The number of aliphatic carboxylic acids is 1. The summed E-state index contributed by atoms with van der Waals surface area (Å²) in [6.07, 6.45) is 0.621. The average Bonchev–Trinajstić information content (AvgIpc) is 2.64. The summed E-state index contributed by atoms with van der Waals surface area (Å²) >= 11 is 0. The molecule has 3 N–H and O–H groups in total. The second-order valence-corrected chi connectivity index (χ2v) is 4.02. The zero-order valence-corrected chi connectivity index (χ0v) is 9.16. The molecule has 0 radical (unpaired) electrons. The zero-order chi connectivity index (χ0) is 12.1. The Morgan fingerprint density at radius 1 is 1.62 bits per heavy atom. The van der Waals surface area contributed by atoms with E-state index in [4.69, 9.17) is 5.11 Å². The van der Waals surface area contributed by atoms with Crippen molar-refractivity contribution in [3.05, 3.63) is 0 Å². The van der Waals surface area contributed by atoms with Crippen LogP contribution in [0.5, 0.6) is 0 Å². The standard InChI is InChI=1S/C10H16N2O4/c1-6(10(15)16)2-3-11-9(14)7-4-8(13)12-5-7/h6-7H,2-5H2,1H3,(H,11,14)(H,12,13)(H,15,16). The summed E-state index contributed by atoms with van der Waals surface area (Å²) in [6, 6.07) is 0. The Morgan fingerprint density at radius 3 is 2.81 bits per heavy atom. The first-order valence-electron chi connectivity index (χ1n) is 5.28. The van der Waals surface area contributed by atoms with Crippen molar-refractivity contribution in [3.8, 4) is 0 Å². The van der Waals surface area contributed by atoms with Gasteiger partial charge in [0.2, 0.25) is 11.8 Å². The lowest BCUT2D eigenvalue weighted by Crippen LogP contribution is -2.33. The average molecular weight is 228 g/mol. The van der Waals surface area contributed by atoms with Crippen molar-refractivity contribution in [3.63, 3.8) is 0 Å². The maximum atomic E-state index is 11.5. The molecule has 2 unspecified atom stereocenters. The van der Waals surface area contributed by atoms with E-state index >= 15 is 0 Å². The summed E-state index contributed by atoms with van der Waals surface area (Å²) in [6.45, 7) is 2.30. The Balaban J connectivity index is 2.20. The Bertz CT molecular complexity index is 303. The van der Waals surface area contributed by atoms with Gasteiger partial charge in [0, 0.05) is 19.5 Å². The van der Waals surface area contributed by atoms with E-state index in [1.807, 2.05) is 0 Å². The quantitative estimate of drug-likeness (QED) is 0.582. The van der Waals surface area contributed by atoms with Gasteiger partial charge in [-0.3, -0.25) is 14.4 Å². The topological polar surface area (TPSA) is 95.5 Å². The van der Waals surface area contributed by atoms with Gasteiger partial charge >= 0.3 is 5.97 Å². The first kappa shape index (κ1) is 12.5. The molecule has 0 saturated carbocycles. The number of amides is 2. The molecule has 1 heterocycles. The summed E-state index contributed by atoms with van der Waals surface area (Å²) in [5, 5.41) is 13.8. The minimum absolute atomic E-state index is 0.112. The van der Waals surface area contributed by atoms with Gasteiger partial charge in [-0.15, -0.1) is 0 Å². The molecule has 6 nitrogen and oxygen atoms in total. The molecule has 1 saturated heterocycles. The maximum absolute atomic E-state index is 11.5. The monoisotopic (exact) mass is 228 g/mol. The number of carbonyl (C=O) groups is 3. The molecule has 2 amide bonds. The van der Waals surface area contributed by atoms with Crippen molar-refractivity contribution in [2.24, 2.45) is 11.8 Å². The molecule has 0 aromatic rings. The van der Waals surface area contributed by atoms with Gasteiger partial charge < -0.3 is 15.7 Å². The normalized spacial score (nSPS) is 21.3. The predicted molar refractivity (Wildman–Crippen MR) is 55.5 cm³/mol. The van der Waals surface area contributed by atoms with E-state index in [0.29, 0.717) is 19.5 Å². The number of rotatable bonds is 5. The smallest absolute Gasteiger partial charge is 0.306 e. The second-order valence-electron chi connectivity index (χ2n) is 4.02. The minimum Gasteiger partial charge on any atom is -0.481 e. The third-order valence-corrected chi connectivity index (χ3v) is 2.65. The van der Waals surface area contributed by atoms with Crippen LogP contribution in [0.3, 0.4) is 0 Å². The molecule has 0 aromatic heterocycles. The predicted octanol–water partition coefficient (Wildman–Crippen LogP) is -0.650. The number of hydrogen-bond donors (Lipinski definition) is 3. The van der Waals surface area contributed by atoms with E-state index < -0.39 is 11.9 Å². The lowest BCUT2D eigenvalue weighted by atomic mass is 10.1. The number of carboxylic acids is 1. The summed E-state index contributed by atoms with van der Waals surface area (Å²) < 4.78 is 0. The molecule has 6 heteroatoms. The van der Waals surface area contributed by atoms with Gasteiger partial charge in [0.15, 0.2) is 0 Å². The third-order valence-electron chi connectivity index (χ3n) is 2.65. The maximum Gasteiger partial charge on any atom is 0.306 e. The van der Waals surface area contributed by atoms with Crippen LogP contribution in [0.2, 0.25) is 0 Å². The first-order chi connectivity index (χ1) is 7.50. The fourth-order valence-corrected chi connectivity index (χ4v) is 1.47. The molecular formula is C10H16N2O4. The molecule has 0 aliphatic carbocycles. The van der Waals surface area contributed by atoms with Gasteiger partial charge in [0.05, 0.1) is 11.8 Å². The van der Waals surface area contributed by atoms with Crippen LogP contribution in [0.4, 0.5) is 0 Å². The van der Waals surface area contributed by atoms with Crippen LogP contribution in [0.1, 0.15) is 19.8 Å². The first-order valence-corrected chi connectivity index (χ1v) is 5.28. The van der Waals surface area contributed by atoms with Crippen molar-refractivity contribution >= 4 is 17.8 Å². The van der Waals surface area contributed by atoms with E-state index in [9.17, 15) is 14.4 Å². The zero-order valence-electron chi connectivity index (χ0n) is 9.16. The van der Waals surface area contributed by atoms with E-state index in [-0.39, 0.29) is 24.2 Å². The highest BCUT2D eigenvalue weighted by Gasteiger charge is 2.27. The Kier molecular flexibility index (Phi) is 4.28. The lowest BCUT2D eigenvalue weighted by Gasteiger charge is -2.10. The van der Waals surface area contributed by atoms with Crippen LogP contribution < -0.4 is 10.6 Å². The minimum atomic E-state index is -0.869.